The van der Waals surface area contributed by atoms with Crippen molar-refractivity contribution in [2.75, 3.05) is 42.9 Å². The van der Waals surface area contributed by atoms with Crippen LogP contribution < -0.4 is 10.2 Å². The molecule has 1 aromatic heterocycles. The van der Waals surface area contributed by atoms with Crippen molar-refractivity contribution >= 4 is 17.4 Å². The number of rotatable bonds is 4. The van der Waals surface area contributed by atoms with Gasteiger partial charge >= 0.3 is 0 Å². The van der Waals surface area contributed by atoms with Gasteiger partial charge in [-0.15, -0.1) is 0 Å². The third-order valence-corrected chi connectivity index (χ3v) is 3.73. The number of halogens is 3. The smallest absolute Gasteiger partial charge is 0.253 e. The predicted octanol–water partition coefficient (Wildman–Crippen LogP) is 2.24. The number of anilines is 2. The number of nitrogens with one attached hydrogen (secondary N) is 1. The summed E-state index contributed by atoms with van der Waals surface area (Å²) in [6.07, 6.45) is 0. The van der Waals surface area contributed by atoms with E-state index in [1.807, 2.05) is 13.8 Å². The highest BCUT2D eigenvalue weighted by Crippen LogP contribution is 2.30. The molecule has 1 aromatic rings. The van der Waals surface area contributed by atoms with Gasteiger partial charge in [-0.1, -0.05) is 13.8 Å². The molecule has 1 aliphatic rings. The zero-order valence-electron chi connectivity index (χ0n) is 13.5. The molecule has 23 heavy (non-hydrogen) atoms. The fourth-order valence-corrected chi connectivity index (χ4v) is 2.44. The van der Waals surface area contributed by atoms with Crippen molar-refractivity contribution in [2.24, 2.45) is 5.92 Å². The van der Waals surface area contributed by atoms with Crippen molar-refractivity contribution in [3.8, 4) is 0 Å². The summed E-state index contributed by atoms with van der Waals surface area (Å²) >= 11 is 0. The molecule has 2 rings (SSSR count). The van der Waals surface area contributed by atoms with Gasteiger partial charge in [0, 0.05) is 39.6 Å². The van der Waals surface area contributed by atoms with Gasteiger partial charge in [-0.2, -0.15) is 13.8 Å². The summed E-state index contributed by atoms with van der Waals surface area (Å²) in [6, 6.07) is 0. The summed E-state index contributed by atoms with van der Waals surface area (Å²) in [5.74, 6) is -3.71. The van der Waals surface area contributed by atoms with Crippen molar-refractivity contribution in [3.63, 3.8) is 0 Å². The second-order valence-electron chi connectivity index (χ2n) is 6.00. The maximum absolute atomic E-state index is 14.6. The Kier molecular flexibility index (Phi) is 5.33. The van der Waals surface area contributed by atoms with Crippen molar-refractivity contribution in [3.05, 3.63) is 17.6 Å². The monoisotopic (exact) mass is 330 g/mol. The Morgan fingerprint density at radius 2 is 1.78 bits per heavy atom. The largest absolute Gasteiger partial charge is 0.367 e. The van der Waals surface area contributed by atoms with E-state index in [0.717, 1.165) is 0 Å². The summed E-state index contributed by atoms with van der Waals surface area (Å²) in [6.45, 7) is 6.81. The van der Waals surface area contributed by atoms with Crippen molar-refractivity contribution < 1.29 is 18.0 Å². The Labute approximate surface area is 133 Å². The number of carbonyl (C=O) groups is 1. The van der Waals surface area contributed by atoms with E-state index < -0.39 is 23.3 Å². The van der Waals surface area contributed by atoms with Gasteiger partial charge in [-0.25, -0.2) is 4.39 Å². The summed E-state index contributed by atoms with van der Waals surface area (Å²) in [5, 5.41) is 2.70. The highest BCUT2D eigenvalue weighted by Gasteiger charge is 2.28. The molecule has 0 atom stereocenters. The first-order chi connectivity index (χ1) is 10.8. The number of aromatic nitrogens is 1. The summed E-state index contributed by atoms with van der Waals surface area (Å²) in [4.78, 5) is 17.6. The first kappa shape index (κ1) is 17.4. The Hall–Kier alpha value is -1.99. The van der Waals surface area contributed by atoms with Crippen LogP contribution in [-0.2, 0) is 4.79 Å². The summed E-state index contributed by atoms with van der Waals surface area (Å²) < 4.78 is 42.3. The van der Waals surface area contributed by atoms with Gasteiger partial charge < -0.3 is 15.1 Å². The van der Waals surface area contributed by atoms with Crippen LogP contribution in [0.2, 0.25) is 0 Å². The van der Waals surface area contributed by atoms with Gasteiger partial charge in [0.1, 0.15) is 5.69 Å². The second kappa shape index (κ2) is 7.06. The molecule has 0 saturated carbocycles. The summed E-state index contributed by atoms with van der Waals surface area (Å²) in [5.41, 5.74) is -0.424. The molecule has 1 aliphatic heterocycles. The normalized spacial score (nSPS) is 15.3. The van der Waals surface area contributed by atoms with Crippen LogP contribution in [0, 0.1) is 23.5 Å². The van der Waals surface area contributed by atoms with E-state index in [1.165, 1.54) is 11.8 Å². The van der Waals surface area contributed by atoms with Crippen molar-refractivity contribution in [1.29, 1.82) is 0 Å². The molecule has 0 radical (unpaired) electrons. The van der Waals surface area contributed by atoms with Crippen molar-refractivity contribution in [2.45, 2.75) is 20.8 Å². The second-order valence-corrected chi connectivity index (χ2v) is 6.00. The quantitative estimate of drug-likeness (QED) is 0.860. The zero-order chi connectivity index (χ0) is 17.1. The molecule has 1 N–H and O–H groups in total. The lowest BCUT2D eigenvalue weighted by Crippen LogP contribution is -2.48. The van der Waals surface area contributed by atoms with Crippen LogP contribution in [0.4, 0.5) is 24.7 Å². The molecule has 0 aliphatic carbocycles. The Morgan fingerprint density at radius 1 is 1.17 bits per heavy atom. The molecule has 1 amide bonds. The van der Waals surface area contributed by atoms with E-state index in [1.54, 1.807) is 4.90 Å². The lowest BCUT2D eigenvalue weighted by Gasteiger charge is -2.36. The molecule has 1 saturated heterocycles. The van der Waals surface area contributed by atoms with Crippen LogP contribution in [0.3, 0.4) is 0 Å². The van der Waals surface area contributed by atoms with Gasteiger partial charge in [-0.3, -0.25) is 4.79 Å². The van der Waals surface area contributed by atoms with E-state index in [-0.39, 0.29) is 30.7 Å². The van der Waals surface area contributed by atoms with Crippen LogP contribution in [0.5, 0.6) is 0 Å². The lowest BCUT2D eigenvalue weighted by molar-refractivity contribution is -0.129. The average Bonchev–Trinajstić information content (AvgIpc) is 2.50. The van der Waals surface area contributed by atoms with E-state index in [4.69, 9.17) is 0 Å². The minimum atomic E-state index is -1.33. The Balaban J connectivity index is 2.25. The molecule has 5 nitrogen and oxygen atoms in total. The Bertz CT molecular complexity index is 587. The molecule has 8 heteroatoms. The molecular weight excluding hydrogens is 309 g/mol. The van der Waals surface area contributed by atoms with Gasteiger partial charge in [0.05, 0.1) is 0 Å². The molecule has 128 valence electrons. The lowest BCUT2D eigenvalue weighted by atomic mass is 10.2. The maximum atomic E-state index is 14.6. The van der Waals surface area contributed by atoms with Crippen LogP contribution in [0.25, 0.3) is 0 Å². The Morgan fingerprint density at radius 3 is 2.30 bits per heavy atom. The highest BCUT2D eigenvalue weighted by atomic mass is 19.2. The molecule has 0 bridgehead atoms. The number of pyridine rings is 1. The number of piperazine rings is 1. The van der Waals surface area contributed by atoms with Gasteiger partial charge in [-0.05, 0) is 5.92 Å². The first-order valence-corrected chi connectivity index (χ1v) is 7.60. The molecule has 2 heterocycles. The summed E-state index contributed by atoms with van der Waals surface area (Å²) in [7, 11) is 0. The number of nitrogens with zero attached hydrogens (tertiary/aromatic N) is 3. The zero-order valence-corrected chi connectivity index (χ0v) is 13.5. The maximum Gasteiger partial charge on any atom is 0.253 e. The third-order valence-electron chi connectivity index (χ3n) is 3.73. The SMILES string of the molecule is CC(=O)N1CCN(c2c(F)c(F)nc(NCC(C)C)c2F)CC1. The van der Waals surface area contributed by atoms with E-state index >= 15 is 0 Å². The van der Waals surface area contributed by atoms with Gasteiger partial charge in [0.2, 0.25) is 11.7 Å². The number of amides is 1. The fourth-order valence-electron chi connectivity index (χ4n) is 2.44. The first-order valence-electron chi connectivity index (χ1n) is 7.60. The fraction of sp³-hybridized carbons (Fsp3) is 0.600. The van der Waals surface area contributed by atoms with Gasteiger partial charge in [0.25, 0.3) is 5.95 Å². The average molecular weight is 330 g/mol. The third kappa shape index (κ3) is 3.86. The molecule has 1 fully saturated rings. The van der Waals surface area contributed by atoms with Crippen LogP contribution in [-0.4, -0.2) is 48.5 Å². The van der Waals surface area contributed by atoms with Crippen LogP contribution in [0.15, 0.2) is 0 Å². The van der Waals surface area contributed by atoms with Gasteiger partial charge in [0.15, 0.2) is 11.6 Å². The van der Waals surface area contributed by atoms with E-state index in [9.17, 15) is 18.0 Å². The van der Waals surface area contributed by atoms with Crippen LogP contribution >= 0.6 is 0 Å². The highest BCUT2D eigenvalue weighted by molar-refractivity contribution is 5.73. The molecule has 0 spiro atoms. The number of hydrogen-bond donors (Lipinski definition) is 1. The molecule has 0 aromatic carbocycles. The number of hydrogen-bond acceptors (Lipinski definition) is 4. The molecule has 0 unspecified atom stereocenters. The van der Waals surface area contributed by atoms with Crippen molar-refractivity contribution in [1.82, 2.24) is 9.88 Å². The minimum Gasteiger partial charge on any atom is -0.367 e. The minimum absolute atomic E-state index is 0.0919. The van der Waals surface area contributed by atoms with Crippen LogP contribution in [0.1, 0.15) is 20.8 Å². The van der Waals surface area contributed by atoms with E-state index in [0.29, 0.717) is 19.6 Å². The number of carbonyl (C=O) groups excluding carboxylic acids is 1. The molecular formula is C15H21F3N4O. The van der Waals surface area contributed by atoms with E-state index in [2.05, 4.69) is 10.3 Å². The standard InChI is InChI=1S/C15H21F3N4O/c1-9(2)8-19-15-12(17)13(11(16)14(18)20-15)22-6-4-21(5-7-22)10(3)23/h9H,4-8H2,1-3H3,(H,19,20). The topological polar surface area (TPSA) is 48.5 Å². The predicted molar refractivity (Wildman–Crippen MR) is 81.9 cm³/mol.